The van der Waals surface area contributed by atoms with Gasteiger partial charge in [-0.1, -0.05) is 6.42 Å². The SMILES string of the molecule is CC1CCC(C(CN)N2CCCC3CCCC32)O1. The van der Waals surface area contributed by atoms with E-state index in [4.69, 9.17) is 10.5 Å². The van der Waals surface area contributed by atoms with Crippen molar-refractivity contribution in [3.8, 4) is 0 Å². The lowest BCUT2D eigenvalue weighted by molar-refractivity contribution is -0.0339. The first-order valence-electron chi connectivity index (χ1n) is 7.91. The highest BCUT2D eigenvalue weighted by Gasteiger charge is 2.41. The Hall–Kier alpha value is -0.120. The predicted octanol–water partition coefficient (Wildman–Crippen LogP) is 2.15. The van der Waals surface area contributed by atoms with Crippen molar-refractivity contribution >= 4 is 0 Å². The van der Waals surface area contributed by atoms with Crippen molar-refractivity contribution in [2.75, 3.05) is 13.1 Å². The van der Waals surface area contributed by atoms with Gasteiger partial charge in [-0.25, -0.2) is 0 Å². The van der Waals surface area contributed by atoms with Crippen LogP contribution in [0.3, 0.4) is 0 Å². The van der Waals surface area contributed by atoms with E-state index in [1.807, 2.05) is 0 Å². The number of likely N-dealkylation sites (tertiary alicyclic amines) is 1. The van der Waals surface area contributed by atoms with E-state index in [0.29, 0.717) is 18.2 Å². The van der Waals surface area contributed by atoms with E-state index in [-0.39, 0.29) is 0 Å². The average molecular weight is 252 g/mol. The summed E-state index contributed by atoms with van der Waals surface area (Å²) in [4.78, 5) is 2.73. The number of hydrogen-bond donors (Lipinski definition) is 1. The fourth-order valence-electron chi connectivity index (χ4n) is 4.52. The minimum Gasteiger partial charge on any atom is -0.374 e. The Balaban J connectivity index is 1.70. The van der Waals surface area contributed by atoms with Gasteiger partial charge >= 0.3 is 0 Å². The minimum absolute atomic E-state index is 0.393. The van der Waals surface area contributed by atoms with E-state index in [1.54, 1.807) is 0 Å². The lowest BCUT2D eigenvalue weighted by atomic mass is 9.89. The maximum Gasteiger partial charge on any atom is 0.0747 e. The molecule has 3 rings (SSSR count). The third-order valence-electron chi connectivity index (χ3n) is 5.40. The van der Waals surface area contributed by atoms with E-state index in [0.717, 1.165) is 18.5 Å². The van der Waals surface area contributed by atoms with E-state index < -0.39 is 0 Å². The van der Waals surface area contributed by atoms with Crippen molar-refractivity contribution in [3.63, 3.8) is 0 Å². The molecule has 0 amide bonds. The number of nitrogens with zero attached hydrogens (tertiary/aromatic N) is 1. The lowest BCUT2D eigenvalue weighted by Gasteiger charge is -2.44. The van der Waals surface area contributed by atoms with Crippen LogP contribution in [0.15, 0.2) is 0 Å². The molecule has 0 aromatic heterocycles. The van der Waals surface area contributed by atoms with Crippen LogP contribution >= 0.6 is 0 Å². The molecule has 5 unspecified atom stereocenters. The molecule has 3 nitrogen and oxygen atoms in total. The maximum absolute atomic E-state index is 6.09. The smallest absolute Gasteiger partial charge is 0.0747 e. The third kappa shape index (κ3) is 2.33. The molecule has 2 heterocycles. The Morgan fingerprint density at radius 3 is 2.72 bits per heavy atom. The average Bonchev–Trinajstić information content (AvgIpc) is 2.99. The maximum atomic E-state index is 6.09. The molecule has 104 valence electrons. The highest BCUT2D eigenvalue weighted by molar-refractivity contribution is 4.95. The Labute approximate surface area is 111 Å². The molecule has 1 aliphatic carbocycles. The van der Waals surface area contributed by atoms with E-state index in [1.165, 1.54) is 51.5 Å². The van der Waals surface area contributed by atoms with Gasteiger partial charge < -0.3 is 10.5 Å². The molecule has 0 bridgehead atoms. The van der Waals surface area contributed by atoms with E-state index in [9.17, 15) is 0 Å². The Morgan fingerprint density at radius 1 is 1.17 bits per heavy atom. The second-order valence-electron chi connectivity index (χ2n) is 6.50. The van der Waals surface area contributed by atoms with Gasteiger partial charge in [0.1, 0.15) is 0 Å². The van der Waals surface area contributed by atoms with Crippen molar-refractivity contribution in [2.45, 2.75) is 76.2 Å². The third-order valence-corrected chi connectivity index (χ3v) is 5.40. The normalized spacial score (nSPS) is 43.0. The Kier molecular flexibility index (Phi) is 3.92. The molecule has 0 aromatic carbocycles. The first-order chi connectivity index (χ1) is 8.79. The Bertz CT molecular complexity index is 284. The molecule has 0 radical (unpaired) electrons. The standard InChI is InChI=1S/C15H28N2O/c1-11-7-8-15(18-11)14(10-16)17-9-3-5-12-4-2-6-13(12)17/h11-15H,2-10,16H2,1H3. The van der Waals surface area contributed by atoms with Gasteiger partial charge in [0.2, 0.25) is 0 Å². The number of nitrogens with two attached hydrogens (primary N) is 1. The zero-order valence-corrected chi connectivity index (χ0v) is 11.7. The van der Waals surface area contributed by atoms with Crippen LogP contribution in [0.25, 0.3) is 0 Å². The molecule has 3 fully saturated rings. The monoisotopic (exact) mass is 252 g/mol. The Morgan fingerprint density at radius 2 is 2.00 bits per heavy atom. The van der Waals surface area contributed by atoms with Gasteiger partial charge in [0.25, 0.3) is 0 Å². The van der Waals surface area contributed by atoms with Crippen molar-refractivity contribution in [1.29, 1.82) is 0 Å². The number of piperidine rings is 1. The minimum atomic E-state index is 0.393. The molecule has 0 aromatic rings. The number of hydrogen-bond acceptors (Lipinski definition) is 3. The summed E-state index contributed by atoms with van der Waals surface area (Å²) in [5, 5.41) is 0. The quantitative estimate of drug-likeness (QED) is 0.836. The van der Waals surface area contributed by atoms with Gasteiger partial charge in [-0.3, -0.25) is 4.90 Å². The van der Waals surface area contributed by atoms with Gasteiger partial charge in [-0.2, -0.15) is 0 Å². The van der Waals surface area contributed by atoms with Gasteiger partial charge in [-0.05, 0) is 57.9 Å². The summed E-state index contributed by atoms with van der Waals surface area (Å²) in [7, 11) is 0. The summed E-state index contributed by atoms with van der Waals surface area (Å²) in [6.45, 7) is 4.21. The summed E-state index contributed by atoms with van der Waals surface area (Å²) < 4.78 is 6.09. The molecule has 18 heavy (non-hydrogen) atoms. The van der Waals surface area contributed by atoms with Crippen molar-refractivity contribution in [2.24, 2.45) is 11.7 Å². The molecule has 3 heteroatoms. The largest absolute Gasteiger partial charge is 0.374 e. The van der Waals surface area contributed by atoms with Gasteiger partial charge in [0.15, 0.2) is 0 Å². The topological polar surface area (TPSA) is 38.5 Å². The highest BCUT2D eigenvalue weighted by Crippen LogP contribution is 2.39. The predicted molar refractivity (Wildman–Crippen MR) is 73.5 cm³/mol. The zero-order valence-electron chi connectivity index (χ0n) is 11.7. The van der Waals surface area contributed by atoms with Crippen LogP contribution in [0.1, 0.15) is 51.9 Å². The zero-order chi connectivity index (χ0) is 12.5. The summed E-state index contributed by atoms with van der Waals surface area (Å²) in [6.07, 6.45) is 10.3. The summed E-state index contributed by atoms with van der Waals surface area (Å²) in [5.41, 5.74) is 6.09. The number of ether oxygens (including phenoxy) is 1. The molecule has 2 N–H and O–H groups in total. The summed E-state index contributed by atoms with van der Waals surface area (Å²) in [6, 6.07) is 1.28. The molecule has 5 atom stereocenters. The first kappa shape index (κ1) is 12.9. The van der Waals surface area contributed by atoms with Crippen molar-refractivity contribution in [1.82, 2.24) is 4.90 Å². The molecular weight excluding hydrogens is 224 g/mol. The molecule has 2 aliphatic heterocycles. The van der Waals surface area contributed by atoms with Crippen LogP contribution in [0, 0.1) is 5.92 Å². The van der Waals surface area contributed by atoms with Gasteiger partial charge in [-0.15, -0.1) is 0 Å². The van der Waals surface area contributed by atoms with Crippen LogP contribution < -0.4 is 5.73 Å². The van der Waals surface area contributed by atoms with Gasteiger partial charge in [0.05, 0.1) is 12.2 Å². The van der Waals surface area contributed by atoms with Gasteiger partial charge in [0, 0.05) is 18.6 Å². The van der Waals surface area contributed by atoms with Crippen LogP contribution in [-0.2, 0) is 4.74 Å². The molecular formula is C15H28N2O. The van der Waals surface area contributed by atoms with Crippen LogP contribution in [0.2, 0.25) is 0 Å². The lowest BCUT2D eigenvalue weighted by Crippen LogP contribution is -2.55. The summed E-state index contributed by atoms with van der Waals surface area (Å²) in [5.74, 6) is 0.951. The van der Waals surface area contributed by atoms with Crippen LogP contribution in [0.4, 0.5) is 0 Å². The molecule has 3 aliphatic rings. The number of rotatable bonds is 3. The first-order valence-corrected chi connectivity index (χ1v) is 7.91. The molecule has 0 spiro atoms. The molecule has 1 saturated carbocycles. The van der Waals surface area contributed by atoms with Crippen LogP contribution in [0.5, 0.6) is 0 Å². The van der Waals surface area contributed by atoms with Crippen molar-refractivity contribution < 1.29 is 4.74 Å². The highest BCUT2D eigenvalue weighted by atomic mass is 16.5. The second kappa shape index (κ2) is 5.48. The summed E-state index contributed by atoms with van der Waals surface area (Å²) >= 11 is 0. The fourth-order valence-corrected chi connectivity index (χ4v) is 4.52. The number of fused-ring (bicyclic) bond motifs is 1. The molecule has 2 saturated heterocycles. The van der Waals surface area contributed by atoms with E-state index >= 15 is 0 Å². The fraction of sp³-hybridized carbons (Fsp3) is 1.00. The van der Waals surface area contributed by atoms with Crippen molar-refractivity contribution in [3.05, 3.63) is 0 Å². The van der Waals surface area contributed by atoms with E-state index in [2.05, 4.69) is 11.8 Å². The second-order valence-corrected chi connectivity index (χ2v) is 6.50. The van der Waals surface area contributed by atoms with Crippen LogP contribution in [-0.4, -0.2) is 42.3 Å².